The molecule has 1 aromatic heterocycles. The number of hydrogen-bond acceptors (Lipinski definition) is 2. The van der Waals surface area contributed by atoms with Crippen molar-refractivity contribution < 1.29 is 0 Å². The first kappa shape index (κ1) is 14.2. The first-order chi connectivity index (χ1) is 8.63. The highest BCUT2D eigenvalue weighted by Crippen LogP contribution is 2.32. The van der Waals surface area contributed by atoms with Crippen LogP contribution < -0.4 is 0 Å². The normalized spacial score (nSPS) is 10.9. The van der Waals surface area contributed by atoms with E-state index < -0.39 is 0 Å². The van der Waals surface area contributed by atoms with Crippen molar-refractivity contribution in [3.8, 4) is 0 Å². The molecule has 2 nitrogen and oxygen atoms in total. The standard InChI is InChI=1S/C13H14Br2N2S/c1-3-17-11(13(15)9(2)16-17)8-18-12-7-5-4-6-10(12)14/h4-7H,3,8H2,1-2H3. The minimum absolute atomic E-state index is 0.901. The zero-order chi connectivity index (χ0) is 13.1. The molecule has 0 radical (unpaired) electrons. The minimum Gasteiger partial charge on any atom is -0.268 e. The fraction of sp³-hybridized carbons (Fsp3) is 0.308. The molecule has 2 aromatic rings. The number of thioether (sulfide) groups is 1. The third-order valence-electron chi connectivity index (χ3n) is 2.65. The maximum absolute atomic E-state index is 4.51. The smallest absolute Gasteiger partial charge is 0.0739 e. The number of rotatable bonds is 4. The molecule has 0 saturated carbocycles. The monoisotopic (exact) mass is 388 g/mol. The van der Waals surface area contributed by atoms with Gasteiger partial charge in [0.2, 0.25) is 0 Å². The molecule has 0 amide bonds. The summed E-state index contributed by atoms with van der Waals surface area (Å²) in [5.41, 5.74) is 2.30. The van der Waals surface area contributed by atoms with Crippen LogP contribution in [0.5, 0.6) is 0 Å². The third-order valence-corrected chi connectivity index (χ3v) is 5.72. The number of aryl methyl sites for hydroxylation is 2. The molecule has 5 heteroatoms. The van der Waals surface area contributed by atoms with Crippen LogP contribution in [-0.2, 0) is 12.3 Å². The molecule has 0 fully saturated rings. The second-order valence-electron chi connectivity index (χ2n) is 3.88. The van der Waals surface area contributed by atoms with Gasteiger partial charge in [-0.2, -0.15) is 5.10 Å². The lowest BCUT2D eigenvalue weighted by Crippen LogP contribution is -2.01. The Bertz CT molecular complexity index is 552. The highest BCUT2D eigenvalue weighted by Gasteiger charge is 2.12. The van der Waals surface area contributed by atoms with Crippen LogP contribution in [0.4, 0.5) is 0 Å². The van der Waals surface area contributed by atoms with E-state index in [1.165, 1.54) is 10.6 Å². The van der Waals surface area contributed by atoms with Gasteiger partial charge in [0.25, 0.3) is 0 Å². The van der Waals surface area contributed by atoms with Gasteiger partial charge in [-0.1, -0.05) is 12.1 Å². The quantitative estimate of drug-likeness (QED) is 0.682. The molecule has 0 saturated heterocycles. The molecule has 0 atom stereocenters. The van der Waals surface area contributed by atoms with Crippen LogP contribution in [0, 0.1) is 6.92 Å². The van der Waals surface area contributed by atoms with Gasteiger partial charge >= 0.3 is 0 Å². The molecular formula is C13H14Br2N2S. The Kier molecular flexibility index (Phi) is 4.92. The zero-order valence-electron chi connectivity index (χ0n) is 10.3. The van der Waals surface area contributed by atoms with E-state index in [-0.39, 0.29) is 0 Å². The molecule has 0 aliphatic carbocycles. The van der Waals surface area contributed by atoms with E-state index in [9.17, 15) is 0 Å². The molecule has 0 N–H and O–H groups in total. The maximum Gasteiger partial charge on any atom is 0.0739 e. The van der Waals surface area contributed by atoms with E-state index in [4.69, 9.17) is 0 Å². The van der Waals surface area contributed by atoms with E-state index in [0.29, 0.717) is 0 Å². The Hall–Kier alpha value is -0.260. The fourth-order valence-electron chi connectivity index (χ4n) is 1.71. The van der Waals surface area contributed by atoms with Gasteiger partial charge in [-0.3, -0.25) is 4.68 Å². The topological polar surface area (TPSA) is 17.8 Å². The SMILES string of the molecule is CCn1nc(C)c(Br)c1CSc1ccccc1Br. The molecule has 0 aliphatic rings. The van der Waals surface area contributed by atoms with Crippen LogP contribution in [0.1, 0.15) is 18.3 Å². The van der Waals surface area contributed by atoms with Gasteiger partial charge < -0.3 is 0 Å². The van der Waals surface area contributed by atoms with E-state index in [1.807, 2.05) is 24.8 Å². The summed E-state index contributed by atoms with van der Waals surface area (Å²) in [5.74, 6) is 0.915. The predicted octanol–water partition coefficient (Wildman–Crippen LogP) is 5.03. The summed E-state index contributed by atoms with van der Waals surface area (Å²) in [5, 5.41) is 4.51. The lowest BCUT2D eigenvalue weighted by atomic mass is 10.4. The van der Waals surface area contributed by atoms with Gasteiger partial charge in [-0.25, -0.2) is 0 Å². The van der Waals surface area contributed by atoms with E-state index in [2.05, 4.69) is 66.8 Å². The average molecular weight is 390 g/mol. The molecule has 0 aliphatic heterocycles. The highest BCUT2D eigenvalue weighted by atomic mass is 79.9. The number of nitrogens with zero attached hydrogens (tertiary/aromatic N) is 2. The van der Waals surface area contributed by atoms with Crippen molar-refractivity contribution in [3.63, 3.8) is 0 Å². The van der Waals surface area contributed by atoms with E-state index in [1.54, 1.807) is 0 Å². The van der Waals surface area contributed by atoms with Crippen molar-refractivity contribution in [2.24, 2.45) is 0 Å². The summed E-state index contributed by atoms with van der Waals surface area (Å²) in [7, 11) is 0. The summed E-state index contributed by atoms with van der Waals surface area (Å²) in [6.45, 7) is 5.05. The minimum atomic E-state index is 0.901. The van der Waals surface area contributed by atoms with Gasteiger partial charge in [0.15, 0.2) is 0 Å². The first-order valence-electron chi connectivity index (χ1n) is 5.72. The van der Waals surface area contributed by atoms with Gasteiger partial charge in [-0.15, -0.1) is 11.8 Å². The summed E-state index contributed by atoms with van der Waals surface area (Å²) in [6, 6.07) is 8.29. The molecule has 0 spiro atoms. The molecule has 0 bridgehead atoms. The second kappa shape index (κ2) is 6.26. The Morgan fingerprint density at radius 2 is 2.00 bits per heavy atom. The fourth-order valence-corrected chi connectivity index (χ4v) is 3.92. The zero-order valence-corrected chi connectivity index (χ0v) is 14.3. The Morgan fingerprint density at radius 1 is 1.28 bits per heavy atom. The Balaban J connectivity index is 2.18. The van der Waals surface area contributed by atoms with Crippen molar-refractivity contribution in [1.29, 1.82) is 0 Å². The third kappa shape index (κ3) is 3.00. The molecular weight excluding hydrogens is 376 g/mol. The van der Waals surface area contributed by atoms with Crippen LogP contribution >= 0.6 is 43.6 Å². The largest absolute Gasteiger partial charge is 0.268 e. The lowest BCUT2D eigenvalue weighted by molar-refractivity contribution is 0.631. The number of aromatic nitrogens is 2. The van der Waals surface area contributed by atoms with Crippen LogP contribution in [0.3, 0.4) is 0 Å². The number of halogens is 2. The van der Waals surface area contributed by atoms with Gasteiger partial charge in [0, 0.05) is 21.7 Å². The van der Waals surface area contributed by atoms with Crippen LogP contribution in [0.2, 0.25) is 0 Å². The summed E-state index contributed by atoms with van der Waals surface area (Å²) < 4.78 is 4.33. The van der Waals surface area contributed by atoms with E-state index >= 15 is 0 Å². The van der Waals surface area contributed by atoms with Crippen molar-refractivity contribution in [1.82, 2.24) is 9.78 Å². The predicted molar refractivity (Wildman–Crippen MR) is 84.0 cm³/mol. The molecule has 96 valence electrons. The van der Waals surface area contributed by atoms with Crippen LogP contribution in [0.15, 0.2) is 38.1 Å². The summed E-state index contributed by atoms with van der Waals surface area (Å²) in [4.78, 5) is 1.26. The molecule has 18 heavy (non-hydrogen) atoms. The molecule has 1 heterocycles. The maximum atomic E-state index is 4.51. The second-order valence-corrected chi connectivity index (χ2v) is 6.55. The van der Waals surface area contributed by atoms with Gasteiger partial charge in [0.1, 0.15) is 0 Å². The highest BCUT2D eigenvalue weighted by molar-refractivity contribution is 9.10. The lowest BCUT2D eigenvalue weighted by Gasteiger charge is -2.06. The Labute approximate surface area is 128 Å². The molecule has 2 rings (SSSR count). The average Bonchev–Trinajstić information content (AvgIpc) is 2.65. The summed E-state index contributed by atoms with van der Waals surface area (Å²) in [6.07, 6.45) is 0. The number of benzene rings is 1. The summed E-state index contributed by atoms with van der Waals surface area (Å²) >= 11 is 9.02. The first-order valence-corrected chi connectivity index (χ1v) is 8.29. The van der Waals surface area contributed by atoms with Gasteiger partial charge in [-0.05, 0) is 57.8 Å². The number of hydrogen-bond donors (Lipinski definition) is 0. The van der Waals surface area contributed by atoms with E-state index in [0.717, 1.165) is 26.9 Å². The van der Waals surface area contributed by atoms with Crippen molar-refractivity contribution in [2.45, 2.75) is 31.0 Å². The molecule has 0 unspecified atom stereocenters. The van der Waals surface area contributed by atoms with Crippen LogP contribution in [0.25, 0.3) is 0 Å². The van der Waals surface area contributed by atoms with Crippen molar-refractivity contribution in [3.05, 3.63) is 44.6 Å². The van der Waals surface area contributed by atoms with Gasteiger partial charge in [0.05, 0.1) is 15.9 Å². The van der Waals surface area contributed by atoms with Crippen LogP contribution in [-0.4, -0.2) is 9.78 Å². The Morgan fingerprint density at radius 3 is 2.67 bits per heavy atom. The molecule has 1 aromatic carbocycles. The van der Waals surface area contributed by atoms with Crippen molar-refractivity contribution in [2.75, 3.05) is 0 Å². The van der Waals surface area contributed by atoms with Crippen molar-refractivity contribution >= 4 is 43.6 Å².